The van der Waals surface area contributed by atoms with E-state index in [9.17, 15) is 15.0 Å². The molecule has 4 atom stereocenters. The molecule has 3 aromatic carbocycles. The Bertz CT molecular complexity index is 1030. The number of aliphatic hydroxyl groups excluding tert-OH is 1. The number of carbonyl (C=O) groups is 1. The Morgan fingerprint density at radius 3 is 1.97 bits per heavy atom. The summed E-state index contributed by atoms with van der Waals surface area (Å²) in [4.78, 5) is 15.8. The van der Waals surface area contributed by atoms with Crippen molar-refractivity contribution in [3.05, 3.63) is 108 Å². The summed E-state index contributed by atoms with van der Waals surface area (Å²) in [5.74, 6) is -0.491. The lowest BCUT2D eigenvalue weighted by Gasteiger charge is -2.41. The first-order valence-corrected chi connectivity index (χ1v) is 12.2. The summed E-state index contributed by atoms with van der Waals surface area (Å²) in [6.45, 7) is 0.830. The van der Waals surface area contributed by atoms with Gasteiger partial charge in [-0.25, -0.2) is 0 Å². The molecule has 1 saturated heterocycles. The van der Waals surface area contributed by atoms with Gasteiger partial charge < -0.3 is 20.4 Å². The van der Waals surface area contributed by atoms with Crippen molar-refractivity contribution in [3.63, 3.8) is 0 Å². The number of likely N-dealkylation sites (tertiary alicyclic amines) is 1. The Kier molecular flexibility index (Phi) is 6.77. The zero-order valence-corrected chi connectivity index (χ0v) is 19.2. The molecule has 0 spiro atoms. The Labute approximate surface area is 201 Å². The van der Waals surface area contributed by atoms with E-state index in [0.717, 1.165) is 36.9 Å². The molecule has 0 aromatic heterocycles. The topological polar surface area (TPSA) is 72.8 Å². The third-order valence-corrected chi connectivity index (χ3v) is 7.48. The summed E-state index contributed by atoms with van der Waals surface area (Å²) in [6, 6.07) is 29.5. The second-order valence-electron chi connectivity index (χ2n) is 9.49. The van der Waals surface area contributed by atoms with Crippen LogP contribution in [0.15, 0.2) is 91.0 Å². The maximum Gasteiger partial charge on any atom is 0.235 e. The molecule has 1 saturated carbocycles. The number of hydrogen-bond donors (Lipinski definition) is 3. The third kappa shape index (κ3) is 4.51. The quantitative estimate of drug-likeness (QED) is 0.455. The van der Waals surface area contributed by atoms with Gasteiger partial charge in [-0.05, 0) is 42.5 Å². The molecule has 5 rings (SSSR count). The summed E-state index contributed by atoms with van der Waals surface area (Å²) in [7, 11) is 0. The van der Waals surface area contributed by atoms with Crippen molar-refractivity contribution in [1.29, 1.82) is 0 Å². The first kappa shape index (κ1) is 22.8. The van der Waals surface area contributed by atoms with E-state index in [1.165, 1.54) is 5.56 Å². The van der Waals surface area contributed by atoms with E-state index in [4.69, 9.17) is 0 Å². The van der Waals surface area contributed by atoms with Crippen LogP contribution >= 0.6 is 0 Å². The number of rotatable bonds is 8. The second kappa shape index (κ2) is 10.1. The summed E-state index contributed by atoms with van der Waals surface area (Å²) in [6.07, 6.45) is 0.996. The molecule has 1 heterocycles. The Morgan fingerprint density at radius 1 is 0.853 bits per heavy atom. The average Bonchev–Trinajstić information content (AvgIpc) is 3.45. The Hall–Kier alpha value is -2.99. The predicted octanol–water partition coefficient (Wildman–Crippen LogP) is 3.32. The molecule has 5 heteroatoms. The van der Waals surface area contributed by atoms with Crippen LogP contribution in [0.25, 0.3) is 0 Å². The van der Waals surface area contributed by atoms with Crippen LogP contribution in [0, 0.1) is 5.92 Å². The number of amides is 1. The zero-order chi connectivity index (χ0) is 23.5. The summed E-state index contributed by atoms with van der Waals surface area (Å²) in [5, 5.41) is 24.4. The van der Waals surface area contributed by atoms with Gasteiger partial charge in [-0.2, -0.15) is 0 Å². The second-order valence-corrected chi connectivity index (χ2v) is 9.49. The van der Waals surface area contributed by atoms with Crippen LogP contribution in [0.1, 0.15) is 35.4 Å². The molecular weight excluding hydrogens is 424 g/mol. The van der Waals surface area contributed by atoms with Crippen LogP contribution in [0.4, 0.5) is 0 Å². The number of aliphatic hydroxyl groups is 2. The maximum absolute atomic E-state index is 14.0. The SMILES string of the molecule is O=C(C(c1ccccc1)c1ccccc1)N1C(C(O)O)[C@H]2C[C@@H]1CC2NCCc1ccccc1. The molecule has 1 aliphatic heterocycles. The van der Waals surface area contributed by atoms with Gasteiger partial charge in [0.2, 0.25) is 5.91 Å². The Balaban J connectivity index is 1.35. The van der Waals surface area contributed by atoms with Crippen LogP contribution in [-0.2, 0) is 11.2 Å². The summed E-state index contributed by atoms with van der Waals surface area (Å²) >= 11 is 0. The number of nitrogens with zero attached hydrogens (tertiary/aromatic N) is 1. The highest BCUT2D eigenvalue weighted by Gasteiger charge is 2.56. The number of carbonyl (C=O) groups excluding carboxylic acids is 1. The van der Waals surface area contributed by atoms with Crippen LogP contribution in [0.3, 0.4) is 0 Å². The van der Waals surface area contributed by atoms with Crippen molar-refractivity contribution in [3.8, 4) is 0 Å². The third-order valence-electron chi connectivity index (χ3n) is 7.48. The van der Waals surface area contributed by atoms with Crippen molar-refractivity contribution < 1.29 is 15.0 Å². The maximum atomic E-state index is 14.0. The fourth-order valence-electron chi connectivity index (χ4n) is 5.99. The van der Waals surface area contributed by atoms with Crippen molar-refractivity contribution >= 4 is 5.91 Å². The van der Waals surface area contributed by atoms with E-state index in [2.05, 4.69) is 17.4 Å². The van der Waals surface area contributed by atoms with Crippen LogP contribution in [0.2, 0.25) is 0 Å². The van der Waals surface area contributed by atoms with E-state index in [0.29, 0.717) is 0 Å². The molecule has 2 unspecified atom stereocenters. The lowest BCUT2D eigenvalue weighted by Crippen LogP contribution is -2.57. The molecule has 0 radical (unpaired) electrons. The van der Waals surface area contributed by atoms with E-state index < -0.39 is 18.2 Å². The minimum Gasteiger partial charge on any atom is -0.366 e. The highest BCUT2D eigenvalue weighted by Crippen LogP contribution is 2.45. The molecule has 3 aromatic rings. The highest BCUT2D eigenvalue weighted by molar-refractivity contribution is 5.88. The van der Waals surface area contributed by atoms with Gasteiger partial charge in [-0.1, -0.05) is 91.0 Å². The van der Waals surface area contributed by atoms with E-state index in [1.54, 1.807) is 4.90 Å². The number of benzene rings is 3. The fraction of sp³-hybridized carbons (Fsp3) is 0.345. The van der Waals surface area contributed by atoms with Crippen molar-refractivity contribution in [2.45, 2.75) is 49.6 Å². The highest BCUT2D eigenvalue weighted by atomic mass is 16.5. The lowest BCUT2D eigenvalue weighted by molar-refractivity contribution is -0.154. The molecule has 2 aliphatic rings. The van der Waals surface area contributed by atoms with Gasteiger partial charge in [0.15, 0.2) is 6.29 Å². The minimum atomic E-state index is -1.56. The molecule has 2 fully saturated rings. The van der Waals surface area contributed by atoms with E-state index >= 15 is 0 Å². The normalized spacial score (nSPS) is 23.7. The monoisotopic (exact) mass is 456 g/mol. The molecule has 3 N–H and O–H groups in total. The Morgan fingerprint density at radius 2 is 1.41 bits per heavy atom. The molecule has 5 nitrogen and oxygen atoms in total. The largest absolute Gasteiger partial charge is 0.366 e. The predicted molar refractivity (Wildman–Crippen MR) is 132 cm³/mol. The van der Waals surface area contributed by atoms with Gasteiger partial charge in [0.05, 0.1) is 12.0 Å². The van der Waals surface area contributed by atoms with Gasteiger partial charge in [-0.15, -0.1) is 0 Å². The summed E-state index contributed by atoms with van der Waals surface area (Å²) in [5.41, 5.74) is 3.12. The van der Waals surface area contributed by atoms with Crippen molar-refractivity contribution in [1.82, 2.24) is 10.2 Å². The standard InChI is InChI=1S/C29H32N2O3/c32-28(26(21-12-6-2-7-13-21)22-14-8-3-9-15-22)31-23-18-24(27(31)29(33)34)25(19-23)30-17-16-20-10-4-1-5-11-20/h1-15,23-27,29-30,33-34H,16-19H2/t23-,24+,25?,27?/m1/s1. The van der Waals surface area contributed by atoms with Gasteiger partial charge in [0.25, 0.3) is 0 Å². The first-order chi connectivity index (χ1) is 16.6. The number of nitrogens with one attached hydrogen (secondary N) is 1. The van der Waals surface area contributed by atoms with E-state index in [1.807, 2.05) is 78.9 Å². The molecule has 2 bridgehead atoms. The average molecular weight is 457 g/mol. The van der Waals surface area contributed by atoms with Crippen LogP contribution in [-0.4, -0.2) is 52.0 Å². The molecule has 1 amide bonds. The van der Waals surface area contributed by atoms with Crippen LogP contribution in [0.5, 0.6) is 0 Å². The smallest absolute Gasteiger partial charge is 0.235 e. The zero-order valence-electron chi connectivity index (χ0n) is 19.2. The minimum absolute atomic E-state index is 0.00782. The fourth-order valence-corrected chi connectivity index (χ4v) is 5.99. The number of fused-ring (bicyclic) bond motifs is 2. The number of hydrogen-bond acceptors (Lipinski definition) is 4. The van der Waals surface area contributed by atoms with Crippen molar-refractivity contribution in [2.75, 3.05) is 6.54 Å². The van der Waals surface area contributed by atoms with Gasteiger partial charge >= 0.3 is 0 Å². The number of piperidine rings is 1. The van der Waals surface area contributed by atoms with Crippen molar-refractivity contribution in [2.24, 2.45) is 5.92 Å². The molecule has 1 aliphatic carbocycles. The lowest BCUT2D eigenvalue weighted by atomic mass is 9.87. The molecule has 34 heavy (non-hydrogen) atoms. The van der Waals surface area contributed by atoms with E-state index in [-0.39, 0.29) is 23.9 Å². The van der Waals surface area contributed by atoms with Crippen LogP contribution < -0.4 is 5.32 Å². The molecular formula is C29H32N2O3. The summed E-state index contributed by atoms with van der Waals surface area (Å²) < 4.78 is 0. The first-order valence-electron chi connectivity index (χ1n) is 12.2. The van der Waals surface area contributed by atoms with Gasteiger partial charge in [0.1, 0.15) is 0 Å². The van der Waals surface area contributed by atoms with Gasteiger partial charge in [-0.3, -0.25) is 4.79 Å². The molecule has 176 valence electrons. The van der Waals surface area contributed by atoms with Gasteiger partial charge in [0, 0.05) is 18.0 Å².